The molecular formula is C18H19N5O5S. The molecule has 0 bridgehead atoms. The van der Waals surface area contributed by atoms with Gasteiger partial charge in [0.2, 0.25) is 11.8 Å². The second kappa shape index (κ2) is 7.24. The molecule has 3 heterocycles. The highest BCUT2D eigenvalue weighted by atomic mass is 32.2. The summed E-state index contributed by atoms with van der Waals surface area (Å²) in [7, 11) is -3.85. The minimum absolute atomic E-state index is 0.0230. The number of aromatic nitrogens is 3. The van der Waals surface area contributed by atoms with Crippen LogP contribution in [-0.4, -0.2) is 35.9 Å². The molecule has 10 nitrogen and oxygen atoms in total. The van der Waals surface area contributed by atoms with Crippen LogP contribution >= 0.6 is 0 Å². The Morgan fingerprint density at radius 2 is 1.97 bits per heavy atom. The van der Waals surface area contributed by atoms with E-state index >= 15 is 0 Å². The minimum atomic E-state index is -3.85. The molecule has 1 aromatic carbocycles. The predicted octanol–water partition coefficient (Wildman–Crippen LogP) is 2.32. The molecule has 0 spiro atoms. The molecule has 1 amide bonds. The zero-order chi connectivity index (χ0) is 20.6. The quantitative estimate of drug-likeness (QED) is 0.652. The highest BCUT2D eigenvalue weighted by Crippen LogP contribution is 2.23. The van der Waals surface area contributed by atoms with Gasteiger partial charge in [0.25, 0.3) is 15.9 Å². The summed E-state index contributed by atoms with van der Waals surface area (Å²) in [5.41, 5.74) is 1.89. The largest absolute Gasteiger partial charge is 0.478 e. The van der Waals surface area contributed by atoms with Crippen molar-refractivity contribution in [2.24, 2.45) is 0 Å². The summed E-state index contributed by atoms with van der Waals surface area (Å²) < 4.78 is 39.5. The predicted molar refractivity (Wildman–Crippen MR) is 104 cm³/mol. The number of nitrogens with zero attached hydrogens (tertiary/aromatic N) is 3. The van der Waals surface area contributed by atoms with Crippen LogP contribution < -0.4 is 14.8 Å². The van der Waals surface area contributed by atoms with Crippen LogP contribution in [0.4, 0.5) is 11.6 Å². The summed E-state index contributed by atoms with van der Waals surface area (Å²) in [4.78, 5) is 12.4. The molecule has 2 aromatic heterocycles. The maximum Gasteiger partial charge on any atom is 0.276 e. The van der Waals surface area contributed by atoms with E-state index in [-0.39, 0.29) is 16.5 Å². The van der Waals surface area contributed by atoms with Crippen LogP contribution in [0.15, 0.2) is 39.8 Å². The van der Waals surface area contributed by atoms with E-state index in [4.69, 9.17) is 9.26 Å². The Balaban J connectivity index is 1.46. The normalized spacial score (nSPS) is 13.4. The SMILES string of the molecule is Cc1noc(NS(=O)(=O)c2ccc(NC(=O)c3cc4n(n3)CCCO4)cc2)c1C. The van der Waals surface area contributed by atoms with Crippen molar-refractivity contribution in [3.8, 4) is 5.88 Å². The molecule has 0 saturated carbocycles. The van der Waals surface area contributed by atoms with Crippen LogP contribution in [0.2, 0.25) is 0 Å². The van der Waals surface area contributed by atoms with Crippen molar-refractivity contribution in [1.29, 1.82) is 0 Å². The summed E-state index contributed by atoms with van der Waals surface area (Å²) >= 11 is 0. The van der Waals surface area contributed by atoms with Gasteiger partial charge in [-0.1, -0.05) is 5.16 Å². The monoisotopic (exact) mass is 417 g/mol. The van der Waals surface area contributed by atoms with E-state index in [0.29, 0.717) is 36.0 Å². The number of hydrogen-bond acceptors (Lipinski definition) is 7. The number of carbonyl (C=O) groups excluding carboxylic acids is 1. The molecular weight excluding hydrogens is 398 g/mol. The summed E-state index contributed by atoms with van der Waals surface area (Å²) in [6.45, 7) is 4.73. The van der Waals surface area contributed by atoms with Crippen molar-refractivity contribution in [2.75, 3.05) is 16.6 Å². The number of benzene rings is 1. The molecule has 2 N–H and O–H groups in total. The van der Waals surface area contributed by atoms with Gasteiger partial charge in [-0.2, -0.15) is 5.10 Å². The highest BCUT2D eigenvalue weighted by molar-refractivity contribution is 7.92. The second-order valence-electron chi connectivity index (χ2n) is 6.60. The smallest absolute Gasteiger partial charge is 0.276 e. The zero-order valence-corrected chi connectivity index (χ0v) is 16.6. The zero-order valence-electron chi connectivity index (χ0n) is 15.8. The van der Waals surface area contributed by atoms with Gasteiger partial charge < -0.3 is 14.6 Å². The number of anilines is 2. The lowest BCUT2D eigenvalue weighted by molar-refractivity contribution is 0.102. The third-order valence-corrected chi connectivity index (χ3v) is 5.89. The maximum atomic E-state index is 12.5. The average Bonchev–Trinajstić information content (AvgIpc) is 3.27. The topological polar surface area (TPSA) is 128 Å². The standard InChI is InChI=1S/C18H19N5O5S/c1-11-12(2)21-28-18(11)22-29(25,26)14-6-4-13(5-7-14)19-17(24)15-10-16-23(20-15)8-3-9-27-16/h4-7,10,22H,3,8-9H2,1-2H3,(H,19,24). The Morgan fingerprint density at radius 3 is 2.62 bits per heavy atom. The first-order chi connectivity index (χ1) is 13.8. The molecule has 1 aliphatic heterocycles. The van der Waals surface area contributed by atoms with Crippen LogP contribution in [0.1, 0.15) is 28.2 Å². The van der Waals surface area contributed by atoms with Crippen LogP contribution in [0.3, 0.4) is 0 Å². The number of aryl methyl sites for hydroxylation is 2. The number of rotatable bonds is 5. The molecule has 0 aliphatic carbocycles. The van der Waals surface area contributed by atoms with Gasteiger partial charge in [-0.05, 0) is 38.1 Å². The van der Waals surface area contributed by atoms with Crippen molar-refractivity contribution >= 4 is 27.5 Å². The first-order valence-electron chi connectivity index (χ1n) is 8.91. The van der Waals surface area contributed by atoms with Crippen LogP contribution in [0.25, 0.3) is 0 Å². The van der Waals surface area contributed by atoms with E-state index in [1.165, 1.54) is 24.3 Å². The fourth-order valence-electron chi connectivity index (χ4n) is 2.78. The van der Waals surface area contributed by atoms with E-state index in [9.17, 15) is 13.2 Å². The second-order valence-corrected chi connectivity index (χ2v) is 8.28. The number of amides is 1. The summed E-state index contributed by atoms with van der Waals surface area (Å²) in [5.74, 6) is 0.231. The van der Waals surface area contributed by atoms with Gasteiger partial charge in [-0.3, -0.25) is 4.79 Å². The van der Waals surface area contributed by atoms with Gasteiger partial charge in [-0.25, -0.2) is 17.8 Å². The van der Waals surface area contributed by atoms with Gasteiger partial charge in [0, 0.05) is 30.3 Å². The van der Waals surface area contributed by atoms with Crippen LogP contribution in [0.5, 0.6) is 5.88 Å². The third-order valence-electron chi connectivity index (χ3n) is 4.55. The lowest BCUT2D eigenvalue weighted by Gasteiger charge is -2.13. The first-order valence-corrected chi connectivity index (χ1v) is 10.4. The Labute approximate surface area is 166 Å². The van der Waals surface area contributed by atoms with E-state index in [1.807, 2.05) is 0 Å². The Hall–Kier alpha value is -3.34. The van der Waals surface area contributed by atoms with E-state index in [0.717, 1.165) is 6.42 Å². The molecule has 11 heteroatoms. The van der Waals surface area contributed by atoms with E-state index in [1.54, 1.807) is 24.6 Å². The van der Waals surface area contributed by atoms with Crippen LogP contribution in [-0.2, 0) is 16.6 Å². The third kappa shape index (κ3) is 3.81. The minimum Gasteiger partial charge on any atom is -0.478 e. The average molecular weight is 417 g/mol. The lowest BCUT2D eigenvalue weighted by Crippen LogP contribution is -2.16. The van der Waals surface area contributed by atoms with Gasteiger partial charge in [-0.15, -0.1) is 0 Å². The number of fused-ring (bicyclic) bond motifs is 1. The number of carbonyl (C=O) groups is 1. The number of nitrogens with one attached hydrogen (secondary N) is 2. The molecule has 0 unspecified atom stereocenters. The van der Waals surface area contributed by atoms with E-state index < -0.39 is 15.9 Å². The van der Waals surface area contributed by atoms with E-state index in [2.05, 4.69) is 20.3 Å². The fraction of sp³-hybridized carbons (Fsp3) is 0.278. The number of hydrogen-bond donors (Lipinski definition) is 2. The molecule has 0 fully saturated rings. The highest BCUT2D eigenvalue weighted by Gasteiger charge is 2.20. The molecule has 29 heavy (non-hydrogen) atoms. The molecule has 0 saturated heterocycles. The fourth-order valence-corrected chi connectivity index (χ4v) is 3.83. The van der Waals surface area contributed by atoms with Gasteiger partial charge in [0.05, 0.1) is 17.2 Å². The first kappa shape index (κ1) is 19.0. The van der Waals surface area contributed by atoms with Crippen molar-refractivity contribution in [1.82, 2.24) is 14.9 Å². The number of sulfonamides is 1. The Bertz CT molecular complexity index is 1140. The van der Waals surface area contributed by atoms with Crippen molar-refractivity contribution in [2.45, 2.75) is 31.7 Å². The summed E-state index contributed by atoms with van der Waals surface area (Å²) in [5, 5.41) is 10.6. The molecule has 0 radical (unpaired) electrons. The Morgan fingerprint density at radius 1 is 1.21 bits per heavy atom. The molecule has 0 atom stereocenters. The Kier molecular flexibility index (Phi) is 4.74. The van der Waals surface area contributed by atoms with Crippen molar-refractivity contribution in [3.05, 3.63) is 47.3 Å². The number of ether oxygens (including phenoxy) is 1. The van der Waals surface area contributed by atoms with Crippen LogP contribution in [0, 0.1) is 13.8 Å². The maximum absolute atomic E-state index is 12.5. The summed E-state index contributed by atoms with van der Waals surface area (Å²) in [6.07, 6.45) is 0.840. The van der Waals surface area contributed by atoms with Crippen molar-refractivity contribution in [3.63, 3.8) is 0 Å². The molecule has 152 valence electrons. The van der Waals surface area contributed by atoms with Crippen molar-refractivity contribution < 1.29 is 22.5 Å². The molecule has 4 rings (SSSR count). The lowest BCUT2D eigenvalue weighted by atomic mass is 10.3. The van der Waals surface area contributed by atoms with Gasteiger partial charge in [0.15, 0.2) is 5.69 Å². The summed E-state index contributed by atoms with van der Waals surface area (Å²) in [6, 6.07) is 7.35. The van der Waals surface area contributed by atoms with Gasteiger partial charge in [0.1, 0.15) is 0 Å². The molecule has 3 aromatic rings. The molecule has 1 aliphatic rings. The van der Waals surface area contributed by atoms with Gasteiger partial charge >= 0.3 is 0 Å².